The fraction of sp³-hybridized carbons (Fsp3) is 0.562. The van der Waals surface area contributed by atoms with Gasteiger partial charge in [0.2, 0.25) is 5.91 Å². The molecule has 0 aromatic carbocycles. The zero-order valence-corrected chi connectivity index (χ0v) is 16.4. The van der Waals surface area contributed by atoms with Gasteiger partial charge in [-0.05, 0) is 32.1 Å². The zero-order valence-electron chi connectivity index (χ0n) is 14.7. The van der Waals surface area contributed by atoms with Crippen LogP contribution in [0.25, 0.3) is 6.08 Å². The van der Waals surface area contributed by atoms with Crippen molar-refractivity contribution in [1.29, 1.82) is 0 Å². The predicted octanol–water partition coefficient (Wildman–Crippen LogP) is 1.13. The number of nitrogens with one attached hydrogen (secondary N) is 3. The number of aromatic nitrogens is 2. The van der Waals surface area contributed by atoms with E-state index in [9.17, 15) is 18.6 Å². The normalized spacial score (nSPS) is 13.7. The van der Waals surface area contributed by atoms with Crippen molar-refractivity contribution < 1.29 is 9.00 Å². The lowest BCUT2D eigenvalue weighted by Gasteiger charge is -2.12. The lowest BCUT2D eigenvalue weighted by Crippen LogP contribution is -2.35. The molecule has 2 atom stereocenters. The Labute approximate surface area is 153 Å². The Morgan fingerprint density at radius 1 is 1.36 bits per heavy atom. The van der Waals surface area contributed by atoms with E-state index in [1.807, 2.05) is 0 Å². The highest BCUT2D eigenvalue weighted by Crippen LogP contribution is 2.07. The number of aryl methyl sites for hydroxylation is 1. The lowest BCUT2D eigenvalue weighted by molar-refractivity contribution is -0.116. The van der Waals surface area contributed by atoms with Crippen molar-refractivity contribution >= 4 is 34.5 Å². The van der Waals surface area contributed by atoms with Crippen molar-refractivity contribution in [3.05, 3.63) is 38.2 Å². The van der Waals surface area contributed by atoms with Gasteiger partial charge in [-0.2, -0.15) is 0 Å². The molecule has 0 unspecified atom stereocenters. The Morgan fingerprint density at radius 2 is 2.08 bits per heavy atom. The summed E-state index contributed by atoms with van der Waals surface area (Å²) in [7, 11) is -0.990. The molecular weight excluding hydrogens is 362 g/mol. The second-order valence-electron chi connectivity index (χ2n) is 5.68. The first-order valence-corrected chi connectivity index (χ1v) is 10.7. The second-order valence-corrected chi connectivity index (χ2v) is 8.65. The van der Waals surface area contributed by atoms with E-state index in [4.69, 9.17) is 0 Å². The maximum atomic E-state index is 11.9. The van der Waals surface area contributed by atoms with Gasteiger partial charge in [0.15, 0.2) is 0 Å². The maximum absolute atomic E-state index is 11.9. The number of hydrogen-bond acceptors (Lipinski definition) is 5. The van der Waals surface area contributed by atoms with Gasteiger partial charge in [0.25, 0.3) is 5.56 Å². The van der Waals surface area contributed by atoms with Crippen LogP contribution in [0.3, 0.4) is 0 Å². The number of hydrogen-bond donors (Lipinski definition) is 3. The minimum Gasteiger partial charge on any atom is -0.349 e. The third kappa shape index (κ3) is 8.35. The molecule has 1 aromatic heterocycles. The number of aromatic amines is 2. The van der Waals surface area contributed by atoms with Gasteiger partial charge >= 0.3 is 5.69 Å². The van der Waals surface area contributed by atoms with Crippen molar-refractivity contribution in [1.82, 2.24) is 15.3 Å². The van der Waals surface area contributed by atoms with E-state index in [1.54, 1.807) is 25.6 Å². The largest absolute Gasteiger partial charge is 0.349 e. The van der Waals surface area contributed by atoms with Gasteiger partial charge in [0.1, 0.15) is 0 Å². The highest BCUT2D eigenvalue weighted by molar-refractivity contribution is 8.10. The summed E-state index contributed by atoms with van der Waals surface area (Å²) in [4.78, 5) is 39.3. The van der Waals surface area contributed by atoms with Crippen LogP contribution in [0.5, 0.6) is 0 Å². The smallest absolute Gasteiger partial charge is 0.325 e. The summed E-state index contributed by atoms with van der Waals surface area (Å²) in [5.74, 6) is 1.00. The van der Waals surface area contributed by atoms with Crippen LogP contribution in [0.15, 0.2) is 15.7 Å². The van der Waals surface area contributed by atoms with Crippen LogP contribution in [-0.2, 0) is 15.6 Å². The van der Waals surface area contributed by atoms with E-state index >= 15 is 0 Å². The number of H-pyrrole nitrogens is 2. The van der Waals surface area contributed by atoms with Gasteiger partial charge in [-0.3, -0.25) is 18.8 Å². The molecule has 0 aliphatic carbocycles. The van der Waals surface area contributed by atoms with Gasteiger partial charge < -0.3 is 10.3 Å². The molecule has 1 heterocycles. The quantitative estimate of drug-likeness (QED) is 0.412. The van der Waals surface area contributed by atoms with Gasteiger partial charge in [0, 0.05) is 34.4 Å². The van der Waals surface area contributed by atoms with Crippen LogP contribution in [0, 0.1) is 6.92 Å². The number of carbonyl (C=O) groups excluding carboxylic acids is 1. The molecule has 0 fully saturated rings. The van der Waals surface area contributed by atoms with Gasteiger partial charge in [-0.15, -0.1) is 11.8 Å². The predicted molar refractivity (Wildman–Crippen MR) is 104 cm³/mol. The second kappa shape index (κ2) is 11.1. The summed E-state index contributed by atoms with van der Waals surface area (Å²) < 4.78 is 11.9. The van der Waals surface area contributed by atoms with E-state index in [1.165, 1.54) is 12.2 Å². The fourth-order valence-electron chi connectivity index (χ4n) is 2.03. The molecule has 140 valence electrons. The summed E-state index contributed by atoms with van der Waals surface area (Å²) in [6.07, 6.45) is 4.81. The van der Waals surface area contributed by atoms with Crippen LogP contribution < -0.4 is 16.6 Å². The Kier molecular flexibility index (Phi) is 9.51. The lowest BCUT2D eigenvalue weighted by atomic mass is 10.2. The monoisotopic (exact) mass is 387 g/mol. The third-order valence-corrected chi connectivity index (χ3v) is 6.43. The van der Waals surface area contributed by atoms with Gasteiger partial charge in [-0.25, -0.2) is 4.79 Å². The first-order valence-electron chi connectivity index (χ1n) is 8.08. The van der Waals surface area contributed by atoms with Crippen molar-refractivity contribution in [2.75, 3.05) is 16.6 Å². The van der Waals surface area contributed by atoms with E-state index in [0.29, 0.717) is 16.5 Å². The van der Waals surface area contributed by atoms with Crippen LogP contribution in [0.4, 0.5) is 0 Å². The molecule has 0 aliphatic heterocycles. The number of carbonyl (C=O) groups is 1. The third-order valence-electron chi connectivity index (χ3n) is 3.26. The number of amides is 1. The van der Waals surface area contributed by atoms with Crippen molar-refractivity contribution in [2.24, 2.45) is 0 Å². The first-order chi connectivity index (χ1) is 11.8. The minimum atomic E-state index is -0.990. The van der Waals surface area contributed by atoms with Crippen molar-refractivity contribution in [3.8, 4) is 0 Å². The summed E-state index contributed by atoms with van der Waals surface area (Å²) >= 11 is 1.66. The molecule has 0 aliphatic rings. The molecule has 1 rings (SSSR count). The maximum Gasteiger partial charge on any atom is 0.325 e. The minimum absolute atomic E-state index is 0.221. The van der Waals surface area contributed by atoms with Crippen molar-refractivity contribution in [3.63, 3.8) is 0 Å². The molecule has 1 aromatic rings. The molecule has 0 spiro atoms. The number of thioether (sulfide) groups is 1. The zero-order chi connectivity index (χ0) is 18.8. The molecule has 25 heavy (non-hydrogen) atoms. The van der Waals surface area contributed by atoms with Crippen LogP contribution >= 0.6 is 11.8 Å². The molecule has 1 amide bonds. The first kappa shape index (κ1) is 21.4. The summed E-state index contributed by atoms with van der Waals surface area (Å²) in [6, 6.07) is -0.236. The Morgan fingerprint density at radius 3 is 2.72 bits per heavy atom. The molecule has 9 heteroatoms. The Hall–Kier alpha value is -1.61. The molecule has 0 bridgehead atoms. The summed E-state index contributed by atoms with van der Waals surface area (Å²) in [6.45, 7) is 5.49. The number of rotatable bonds is 10. The standard InChI is InChI=1S/C16H25N3O4S2/c1-4-5-8-24-10-25(23)9-11(2)17-14(20)7-6-13-12(3)18-16(22)19-15(13)21/h6-7,11H,4-5,8-10H2,1-3H3,(H,17,20)(H2,18,19,21,22)/b7-6+/t11-,25+/m0/s1. The van der Waals surface area contributed by atoms with Crippen LogP contribution in [0.2, 0.25) is 0 Å². The molecule has 0 saturated carbocycles. The number of unbranched alkanes of at least 4 members (excludes halogenated alkanes) is 1. The summed E-state index contributed by atoms with van der Waals surface area (Å²) in [5.41, 5.74) is -0.532. The molecule has 0 radical (unpaired) electrons. The molecule has 7 nitrogen and oxygen atoms in total. The Bertz CT molecular complexity index is 740. The average molecular weight is 388 g/mol. The van der Waals surface area contributed by atoms with Gasteiger partial charge in [-0.1, -0.05) is 13.3 Å². The summed E-state index contributed by atoms with van der Waals surface area (Å²) in [5, 5.41) is 3.29. The highest BCUT2D eigenvalue weighted by atomic mass is 32.2. The topological polar surface area (TPSA) is 112 Å². The van der Waals surface area contributed by atoms with E-state index in [0.717, 1.165) is 18.6 Å². The van der Waals surface area contributed by atoms with Gasteiger partial charge in [0.05, 0.1) is 10.6 Å². The van der Waals surface area contributed by atoms with Crippen LogP contribution in [0.1, 0.15) is 37.9 Å². The molecule has 0 saturated heterocycles. The fourth-order valence-corrected chi connectivity index (χ4v) is 4.76. The van der Waals surface area contributed by atoms with Crippen LogP contribution in [-0.4, -0.2) is 42.7 Å². The Balaban J connectivity index is 2.49. The average Bonchev–Trinajstić information content (AvgIpc) is 2.50. The molecular formula is C16H25N3O4S2. The highest BCUT2D eigenvalue weighted by Gasteiger charge is 2.10. The van der Waals surface area contributed by atoms with E-state index < -0.39 is 22.0 Å². The van der Waals surface area contributed by atoms with E-state index in [2.05, 4.69) is 22.2 Å². The van der Waals surface area contributed by atoms with E-state index in [-0.39, 0.29) is 17.5 Å². The molecule has 3 N–H and O–H groups in total. The van der Waals surface area contributed by atoms with Crippen molar-refractivity contribution in [2.45, 2.75) is 39.7 Å². The SMILES string of the molecule is CCCCSC[S@](=O)C[C@H](C)NC(=O)/C=C/c1c(C)[nH]c(=O)[nH]c1=O.